The number of pyridine rings is 1. The number of rotatable bonds is 4. The molecule has 7 heteroatoms. The third kappa shape index (κ3) is 3.42. The van der Waals surface area contributed by atoms with Crippen molar-refractivity contribution in [2.75, 3.05) is 13.2 Å². The van der Waals surface area contributed by atoms with Gasteiger partial charge in [-0.05, 0) is 41.1 Å². The number of carbonyl (C=O) groups is 1. The molecule has 20 heavy (non-hydrogen) atoms. The number of benzene rings is 1. The molecule has 0 radical (unpaired) electrons. The van der Waals surface area contributed by atoms with Crippen LogP contribution in [0.25, 0.3) is 10.9 Å². The summed E-state index contributed by atoms with van der Waals surface area (Å²) in [5.41, 5.74) is 0.572. The second-order valence-corrected chi connectivity index (χ2v) is 5.89. The fraction of sp³-hybridized carbons (Fsp3) is 0.231. The summed E-state index contributed by atoms with van der Waals surface area (Å²) >= 11 is 12.8. The predicted molar refractivity (Wildman–Crippen MR) is 84.3 cm³/mol. The van der Waals surface area contributed by atoms with Crippen molar-refractivity contribution in [3.63, 3.8) is 0 Å². The number of carbonyl (C=O) groups excluding carboxylic acids is 1. The van der Waals surface area contributed by atoms with Crippen LogP contribution in [0.1, 0.15) is 6.92 Å². The van der Waals surface area contributed by atoms with E-state index in [9.17, 15) is 4.79 Å². The van der Waals surface area contributed by atoms with E-state index < -0.39 is 5.97 Å². The lowest BCUT2D eigenvalue weighted by Gasteiger charge is -2.11. The Kier molecular flexibility index (Phi) is 5.23. The molecule has 4 nitrogen and oxygen atoms in total. The minimum absolute atomic E-state index is 0.183. The first kappa shape index (κ1) is 15.5. The molecular formula is C13H10Br2ClNO3. The van der Waals surface area contributed by atoms with E-state index in [-0.39, 0.29) is 6.61 Å². The topological polar surface area (TPSA) is 48.4 Å². The Hall–Kier alpha value is -0.850. The first-order valence-corrected chi connectivity index (χ1v) is 7.72. The maximum Gasteiger partial charge on any atom is 0.344 e. The van der Waals surface area contributed by atoms with Crippen LogP contribution in [0.4, 0.5) is 0 Å². The Morgan fingerprint density at radius 3 is 2.80 bits per heavy atom. The number of nitrogens with zero attached hydrogens (tertiary/aromatic N) is 1. The zero-order valence-electron chi connectivity index (χ0n) is 10.5. The average Bonchev–Trinajstić information content (AvgIpc) is 2.38. The molecule has 0 aliphatic heterocycles. The van der Waals surface area contributed by atoms with Crippen molar-refractivity contribution in [1.29, 1.82) is 0 Å². The summed E-state index contributed by atoms with van der Waals surface area (Å²) in [4.78, 5) is 15.6. The lowest BCUT2D eigenvalue weighted by atomic mass is 10.2. The monoisotopic (exact) mass is 421 g/mol. The first-order chi connectivity index (χ1) is 9.52. The van der Waals surface area contributed by atoms with Crippen LogP contribution in [0.15, 0.2) is 27.1 Å². The summed E-state index contributed by atoms with van der Waals surface area (Å²) in [5.74, 6) is 0.0243. The van der Waals surface area contributed by atoms with Gasteiger partial charge in [-0.3, -0.25) is 0 Å². The molecule has 0 amide bonds. The van der Waals surface area contributed by atoms with E-state index in [2.05, 4.69) is 36.8 Å². The molecule has 1 aromatic carbocycles. The Morgan fingerprint density at radius 1 is 1.35 bits per heavy atom. The highest BCUT2D eigenvalue weighted by Crippen LogP contribution is 2.38. The van der Waals surface area contributed by atoms with Crippen molar-refractivity contribution in [1.82, 2.24) is 4.98 Å². The van der Waals surface area contributed by atoms with Gasteiger partial charge in [0.1, 0.15) is 10.7 Å². The van der Waals surface area contributed by atoms with Gasteiger partial charge in [-0.25, -0.2) is 9.78 Å². The van der Waals surface area contributed by atoms with Crippen LogP contribution < -0.4 is 4.74 Å². The predicted octanol–water partition coefficient (Wildman–Crippen LogP) is 4.36. The number of esters is 1. The minimum atomic E-state index is -0.433. The molecule has 0 spiro atoms. The lowest BCUT2D eigenvalue weighted by Crippen LogP contribution is -2.15. The molecule has 0 saturated heterocycles. The SMILES string of the molecule is CCOC(=O)COc1c(Br)cc(Br)c2ccc(Cl)nc12. The van der Waals surface area contributed by atoms with Crippen LogP contribution in [0.2, 0.25) is 5.15 Å². The number of hydrogen-bond donors (Lipinski definition) is 0. The molecule has 0 saturated carbocycles. The molecule has 0 aliphatic carbocycles. The van der Waals surface area contributed by atoms with Gasteiger partial charge in [-0.2, -0.15) is 0 Å². The van der Waals surface area contributed by atoms with Crippen LogP contribution in [0.3, 0.4) is 0 Å². The van der Waals surface area contributed by atoms with E-state index in [0.29, 0.717) is 27.5 Å². The zero-order valence-corrected chi connectivity index (χ0v) is 14.4. The van der Waals surface area contributed by atoms with Gasteiger partial charge in [0.2, 0.25) is 0 Å². The van der Waals surface area contributed by atoms with Crippen molar-refractivity contribution in [3.05, 3.63) is 32.3 Å². The fourth-order valence-corrected chi connectivity index (χ4v) is 3.17. The molecule has 2 rings (SSSR count). The van der Waals surface area contributed by atoms with Crippen LogP contribution in [-0.4, -0.2) is 24.2 Å². The van der Waals surface area contributed by atoms with Crippen LogP contribution in [-0.2, 0) is 9.53 Å². The van der Waals surface area contributed by atoms with Gasteiger partial charge in [-0.1, -0.05) is 27.5 Å². The maximum absolute atomic E-state index is 11.4. The van der Waals surface area contributed by atoms with E-state index in [4.69, 9.17) is 21.1 Å². The molecule has 0 unspecified atom stereocenters. The number of hydrogen-bond acceptors (Lipinski definition) is 4. The van der Waals surface area contributed by atoms with E-state index >= 15 is 0 Å². The average molecular weight is 423 g/mol. The third-order valence-electron chi connectivity index (χ3n) is 2.44. The Morgan fingerprint density at radius 2 is 2.10 bits per heavy atom. The molecule has 0 bridgehead atoms. The van der Waals surface area contributed by atoms with Crippen molar-refractivity contribution in [2.24, 2.45) is 0 Å². The summed E-state index contributed by atoms with van der Waals surface area (Å²) in [6.07, 6.45) is 0. The summed E-state index contributed by atoms with van der Waals surface area (Å²) in [6.45, 7) is 1.87. The van der Waals surface area contributed by atoms with Gasteiger partial charge >= 0.3 is 5.97 Å². The molecule has 0 aliphatic rings. The number of ether oxygens (including phenoxy) is 2. The first-order valence-electron chi connectivity index (χ1n) is 5.75. The molecule has 106 valence electrons. The van der Waals surface area contributed by atoms with Gasteiger partial charge < -0.3 is 9.47 Å². The Bertz CT molecular complexity index is 664. The summed E-state index contributed by atoms with van der Waals surface area (Å²) < 4.78 is 11.9. The number of aromatic nitrogens is 1. The molecule has 0 fully saturated rings. The molecule has 0 N–H and O–H groups in total. The Labute approximate surface area is 137 Å². The van der Waals surface area contributed by atoms with Gasteiger partial charge in [0.15, 0.2) is 12.4 Å². The maximum atomic E-state index is 11.4. The molecule has 2 aromatic rings. The van der Waals surface area contributed by atoms with Crippen LogP contribution in [0, 0.1) is 0 Å². The smallest absolute Gasteiger partial charge is 0.344 e. The highest BCUT2D eigenvalue weighted by atomic mass is 79.9. The van der Waals surface area contributed by atoms with E-state index in [1.165, 1.54) is 0 Å². The highest BCUT2D eigenvalue weighted by Gasteiger charge is 2.14. The second kappa shape index (κ2) is 6.74. The molecule has 0 atom stereocenters. The fourth-order valence-electron chi connectivity index (χ4n) is 1.64. The number of fused-ring (bicyclic) bond motifs is 1. The summed E-state index contributed by atoms with van der Waals surface area (Å²) in [5, 5.41) is 1.19. The van der Waals surface area contributed by atoms with E-state index in [1.807, 2.05) is 12.1 Å². The highest BCUT2D eigenvalue weighted by molar-refractivity contribution is 9.11. The third-order valence-corrected chi connectivity index (χ3v) is 3.90. The Balaban J connectivity index is 2.41. The largest absolute Gasteiger partial charge is 0.478 e. The van der Waals surface area contributed by atoms with E-state index in [1.54, 1.807) is 13.0 Å². The minimum Gasteiger partial charge on any atom is -0.478 e. The normalized spacial score (nSPS) is 10.6. The lowest BCUT2D eigenvalue weighted by molar-refractivity contribution is -0.145. The van der Waals surface area contributed by atoms with Crippen molar-refractivity contribution < 1.29 is 14.3 Å². The van der Waals surface area contributed by atoms with Gasteiger partial charge in [0.05, 0.1) is 11.1 Å². The quantitative estimate of drug-likeness (QED) is 0.542. The van der Waals surface area contributed by atoms with Crippen molar-refractivity contribution >= 4 is 60.3 Å². The zero-order chi connectivity index (χ0) is 14.7. The molecule has 1 heterocycles. The van der Waals surface area contributed by atoms with Gasteiger partial charge in [-0.15, -0.1) is 0 Å². The van der Waals surface area contributed by atoms with Crippen molar-refractivity contribution in [2.45, 2.75) is 6.92 Å². The van der Waals surface area contributed by atoms with Crippen LogP contribution in [0.5, 0.6) is 5.75 Å². The van der Waals surface area contributed by atoms with Gasteiger partial charge in [0.25, 0.3) is 0 Å². The van der Waals surface area contributed by atoms with E-state index in [0.717, 1.165) is 9.86 Å². The van der Waals surface area contributed by atoms with Gasteiger partial charge in [0, 0.05) is 9.86 Å². The molecular weight excluding hydrogens is 413 g/mol. The summed E-state index contributed by atoms with van der Waals surface area (Å²) in [7, 11) is 0. The van der Waals surface area contributed by atoms with Crippen LogP contribution >= 0.6 is 43.5 Å². The standard InChI is InChI=1S/C13H10Br2ClNO3/c1-2-19-11(18)6-20-13-9(15)5-8(14)7-3-4-10(16)17-12(7)13/h3-5H,2,6H2,1H3. The molecule has 1 aromatic heterocycles. The second-order valence-electron chi connectivity index (χ2n) is 3.79. The summed E-state index contributed by atoms with van der Waals surface area (Å²) in [6, 6.07) is 5.36. The van der Waals surface area contributed by atoms with Crippen molar-refractivity contribution in [3.8, 4) is 5.75 Å². The number of halogens is 3.